The van der Waals surface area contributed by atoms with E-state index in [0.717, 1.165) is 16.9 Å². The van der Waals surface area contributed by atoms with E-state index in [1.165, 1.54) is 11.5 Å². The lowest BCUT2D eigenvalue weighted by atomic mass is 9.90. The number of ether oxygens (including phenoxy) is 2. The molecule has 0 aliphatic heterocycles. The van der Waals surface area contributed by atoms with Crippen LogP contribution in [0.1, 0.15) is 45.9 Å². The van der Waals surface area contributed by atoms with Crippen molar-refractivity contribution in [1.82, 2.24) is 4.98 Å². The van der Waals surface area contributed by atoms with Crippen molar-refractivity contribution in [3.63, 3.8) is 0 Å². The fourth-order valence-corrected chi connectivity index (χ4v) is 3.12. The highest BCUT2D eigenvalue weighted by molar-refractivity contribution is 7.14. The number of amides is 1. The summed E-state index contributed by atoms with van der Waals surface area (Å²) >= 11 is 1.05. The van der Waals surface area contributed by atoms with Crippen LogP contribution in [0.15, 0.2) is 41.8 Å². The molecule has 31 heavy (non-hydrogen) atoms. The van der Waals surface area contributed by atoms with Gasteiger partial charge in [0, 0.05) is 5.38 Å². The Morgan fingerprint density at radius 1 is 1.13 bits per heavy atom. The molecule has 1 aromatic carbocycles. The van der Waals surface area contributed by atoms with E-state index in [2.05, 4.69) is 10.3 Å². The normalized spacial score (nSPS) is 12.2. The van der Waals surface area contributed by atoms with E-state index in [-0.39, 0.29) is 23.0 Å². The number of carbonyl (C=O) groups is 3. The van der Waals surface area contributed by atoms with Crippen LogP contribution in [0.5, 0.6) is 0 Å². The number of anilines is 1. The summed E-state index contributed by atoms with van der Waals surface area (Å²) in [6, 6.07) is 9.18. The lowest BCUT2D eigenvalue weighted by molar-refractivity contribution is -0.152. The van der Waals surface area contributed by atoms with Crippen LogP contribution >= 0.6 is 11.3 Å². The van der Waals surface area contributed by atoms with E-state index >= 15 is 0 Å². The number of esters is 1. The van der Waals surface area contributed by atoms with Crippen molar-refractivity contribution in [3.8, 4) is 0 Å². The summed E-state index contributed by atoms with van der Waals surface area (Å²) in [4.78, 5) is 40.4. The van der Waals surface area contributed by atoms with Crippen molar-refractivity contribution in [2.75, 3.05) is 5.32 Å². The third-order valence-corrected chi connectivity index (χ3v) is 4.62. The summed E-state index contributed by atoms with van der Waals surface area (Å²) in [5.41, 5.74) is -1.13. The third kappa shape index (κ3) is 7.53. The Hall–Kier alpha value is -3.20. The van der Waals surface area contributed by atoms with Gasteiger partial charge in [0.1, 0.15) is 12.2 Å². The van der Waals surface area contributed by atoms with E-state index in [0.29, 0.717) is 0 Å². The molecule has 0 aliphatic rings. The van der Waals surface area contributed by atoms with Crippen molar-refractivity contribution < 1.29 is 29.0 Å². The molecule has 2 N–H and O–H groups in total. The van der Waals surface area contributed by atoms with Gasteiger partial charge in [-0.1, -0.05) is 36.4 Å². The average Bonchev–Trinajstić information content (AvgIpc) is 3.11. The second kappa shape index (κ2) is 9.74. The zero-order chi connectivity index (χ0) is 23.2. The second-order valence-electron chi connectivity index (χ2n) is 8.31. The van der Waals surface area contributed by atoms with Gasteiger partial charge in [0.15, 0.2) is 5.13 Å². The van der Waals surface area contributed by atoms with Crippen LogP contribution in [0.2, 0.25) is 0 Å². The standard InChI is InChI=1S/C22H26N2O6S/c1-21(2,3)30-20(28)24-19-23-16(13-31-19)15(17(25)26)11-22(4,5)18(27)29-12-14-9-7-6-8-10-14/h6-11,13H,12H2,1-5H3,(H,25,26)(H,23,24,28). The summed E-state index contributed by atoms with van der Waals surface area (Å²) in [7, 11) is 0. The first kappa shape index (κ1) is 24.1. The third-order valence-electron chi connectivity index (χ3n) is 3.86. The van der Waals surface area contributed by atoms with Crippen LogP contribution in [-0.4, -0.2) is 33.7 Å². The van der Waals surface area contributed by atoms with E-state index in [4.69, 9.17) is 9.47 Å². The topological polar surface area (TPSA) is 115 Å². The minimum absolute atomic E-state index is 0.0833. The molecule has 1 heterocycles. The predicted octanol–water partition coefficient (Wildman–Crippen LogP) is 4.73. The number of aromatic nitrogens is 1. The minimum atomic E-state index is -1.25. The van der Waals surface area contributed by atoms with E-state index in [1.807, 2.05) is 30.3 Å². The molecule has 0 atom stereocenters. The molecular formula is C22H26N2O6S. The van der Waals surface area contributed by atoms with Gasteiger partial charge in [-0.25, -0.2) is 14.6 Å². The lowest BCUT2D eigenvalue weighted by Crippen LogP contribution is -2.27. The number of hydrogen-bond donors (Lipinski definition) is 2. The smallest absolute Gasteiger partial charge is 0.413 e. The maximum Gasteiger partial charge on any atom is 0.413 e. The summed E-state index contributed by atoms with van der Waals surface area (Å²) < 4.78 is 10.5. The first-order valence-corrected chi connectivity index (χ1v) is 10.4. The molecular weight excluding hydrogens is 420 g/mol. The van der Waals surface area contributed by atoms with Gasteiger partial charge >= 0.3 is 18.0 Å². The molecule has 9 heteroatoms. The highest BCUT2D eigenvalue weighted by Gasteiger charge is 2.30. The molecule has 0 unspecified atom stereocenters. The van der Waals surface area contributed by atoms with Crippen LogP contribution in [0.3, 0.4) is 0 Å². The number of rotatable bonds is 7. The van der Waals surface area contributed by atoms with Gasteiger partial charge in [0.2, 0.25) is 0 Å². The Balaban J connectivity index is 2.15. The number of nitrogens with zero attached hydrogens (tertiary/aromatic N) is 1. The summed E-state index contributed by atoms with van der Waals surface area (Å²) in [5, 5.41) is 13.8. The summed E-state index contributed by atoms with van der Waals surface area (Å²) in [6.45, 7) is 8.39. The monoisotopic (exact) mass is 446 g/mol. The zero-order valence-electron chi connectivity index (χ0n) is 18.1. The Labute approximate surface area is 184 Å². The van der Waals surface area contributed by atoms with Crippen molar-refractivity contribution in [3.05, 3.63) is 53.0 Å². The molecule has 0 saturated heterocycles. The molecule has 0 bridgehead atoms. The largest absolute Gasteiger partial charge is 0.478 e. The zero-order valence-corrected chi connectivity index (χ0v) is 18.9. The number of carboxylic acid groups (broad SMARTS) is 1. The van der Waals surface area contributed by atoms with Crippen LogP contribution in [0.4, 0.5) is 9.93 Å². The maximum atomic E-state index is 12.6. The first-order chi connectivity index (χ1) is 14.4. The minimum Gasteiger partial charge on any atom is -0.478 e. The number of nitrogens with one attached hydrogen (secondary N) is 1. The Morgan fingerprint density at radius 2 is 1.77 bits per heavy atom. The van der Waals surface area contributed by atoms with Crippen molar-refractivity contribution in [2.24, 2.45) is 5.41 Å². The van der Waals surface area contributed by atoms with Crippen LogP contribution < -0.4 is 5.32 Å². The van der Waals surface area contributed by atoms with Gasteiger partial charge < -0.3 is 14.6 Å². The SMILES string of the molecule is CC(C)(C)OC(=O)Nc1nc(C(=CC(C)(C)C(=O)OCc2ccccc2)C(=O)O)cs1. The first-order valence-electron chi connectivity index (χ1n) is 9.50. The molecule has 0 aliphatic carbocycles. The van der Waals surface area contributed by atoms with Gasteiger partial charge in [-0.3, -0.25) is 10.1 Å². The number of carbonyl (C=O) groups excluding carboxylic acids is 2. The molecule has 2 aromatic rings. The van der Waals surface area contributed by atoms with Crippen molar-refractivity contribution >= 4 is 40.1 Å². The number of benzene rings is 1. The second-order valence-corrected chi connectivity index (χ2v) is 9.17. The average molecular weight is 447 g/mol. The van der Waals surface area contributed by atoms with Crippen molar-refractivity contribution in [1.29, 1.82) is 0 Å². The van der Waals surface area contributed by atoms with E-state index in [9.17, 15) is 19.5 Å². The van der Waals surface area contributed by atoms with Gasteiger partial charge in [0.05, 0.1) is 16.7 Å². The lowest BCUT2D eigenvalue weighted by Gasteiger charge is -2.19. The molecule has 0 saturated carbocycles. The fraction of sp³-hybridized carbons (Fsp3) is 0.364. The highest BCUT2D eigenvalue weighted by atomic mass is 32.1. The Kier molecular flexibility index (Phi) is 7.56. The summed E-state index contributed by atoms with van der Waals surface area (Å²) in [5.74, 6) is -1.82. The fourth-order valence-electron chi connectivity index (χ4n) is 2.42. The Morgan fingerprint density at radius 3 is 2.35 bits per heavy atom. The molecule has 0 fully saturated rings. The molecule has 8 nitrogen and oxygen atoms in total. The number of aliphatic carboxylic acids is 1. The molecule has 0 spiro atoms. The molecule has 2 rings (SSSR count). The van der Waals surface area contributed by atoms with E-state index in [1.54, 1.807) is 34.6 Å². The van der Waals surface area contributed by atoms with Gasteiger partial charge in [-0.2, -0.15) is 0 Å². The number of thiazole rings is 1. The number of hydrogen-bond acceptors (Lipinski definition) is 7. The van der Waals surface area contributed by atoms with Gasteiger partial charge in [-0.15, -0.1) is 11.3 Å². The highest BCUT2D eigenvalue weighted by Crippen LogP contribution is 2.29. The maximum absolute atomic E-state index is 12.6. The van der Waals surface area contributed by atoms with Crippen LogP contribution in [-0.2, 0) is 25.7 Å². The van der Waals surface area contributed by atoms with Crippen LogP contribution in [0.25, 0.3) is 5.57 Å². The molecule has 166 valence electrons. The molecule has 1 aromatic heterocycles. The van der Waals surface area contributed by atoms with Crippen molar-refractivity contribution in [2.45, 2.75) is 46.8 Å². The van der Waals surface area contributed by atoms with Gasteiger partial charge in [0.25, 0.3) is 0 Å². The van der Waals surface area contributed by atoms with Gasteiger partial charge in [-0.05, 0) is 40.2 Å². The predicted molar refractivity (Wildman–Crippen MR) is 118 cm³/mol. The summed E-state index contributed by atoms with van der Waals surface area (Å²) in [6.07, 6.45) is 0.605. The van der Waals surface area contributed by atoms with E-state index < -0.39 is 29.0 Å². The van der Waals surface area contributed by atoms with Crippen LogP contribution in [0, 0.1) is 5.41 Å². The molecule has 0 radical (unpaired) electrons. The molecule has 1 amide bonds. The quantitative estimate of drug-likeness (QED) is 0.467. The number of carboxylic acids is 1. The Bertz CT molecular complexity index is 973.